The summed E-state index contributed by atoms with van der Waals surface area (Å²) >= 11 is 0. The Labute approximate surface area is 155 Å². The molecule has 0 saturated heterocycles. The van der Waals surface area contributed by atoms with Crippen LogP contribution in [0.4, 0.5) is 5.69 Å². The smallest absolute Gasteiger partial charge is 0.328 e. The third-order valence-electron chi connectivity index (χ3n) is 4.46. The molecule has 0 unspecified atom stereocenters. The predicted octanol–water partition coefficient (Wildman–Crippen LogP) is 2.16. The standard InChI is InChI=1S/C19H21N3O5/c1-21-13-7-6-12(10-14(13)22(2)19(21)24)20-18(23)11-8-15(25-3)17(27-5)16(9-11)26-4/h6-10H,1-5H3,(H,20,23). The lowest BCUT2D eigenvalue weighted by Crippen LogP contribution is -2.19. The molecule has 1 N–H and O–H groups in total. The van der Waals surface area contributed by atoms with Crippen LogP contribution in [0.2, 0.25) is 0 Å². The van der Waals surface area contributed by atoms with E-state index in [1.54, 1.807) is 49.0 Å². The zero-order valence-corrected chi connectivity index (χ0v) is 15.8. The van der Waals surface area contributed by atoms with Gasteiger partial charge in [-0.3, -0.25) is 13.9 Å². The van der Waals surface area contributed by atoms with Gasteiger partial charge in [0.25, 0.3) is 5.91 Å². The molecule has 142 valence electrons. The fraction of sp³-hybridized carbons (Fsp3) is 0.263. The van der Waals surface area contributed by atoms with Crippen LogP contribution in [0.1, 0.15) is 10.4 Å². The zero-order chi connectivity index (χ0) is 19.7. The fourth-order valence-electron chi connectivity index (χ4n) is 3.00. The first-order chi connectivity index (χ1) is 12.9. The lowest BCUT2D eigenvalue weighted by atomic mass is 10.1. The lowest BCUT2D eigenvalue weighted by molar-refractivity contribution is 0.102. The highest BCUT2D eigenvalue weighted by atomic mass is 16.5. The maximum absolute atomic E-state index is 12.7. The molecule has 0 fully saturated rings. The number of amides is 1. The summed E-state index contributed by atoms with van der Waals surface area (Å²) in [7, 11) is 7.87. The largest absolute Gasteiger partial charge is 0.493 e. The van der Waals surface area contributed by atoms with Gasteiger partial charge in [0.15, 0.2) is 11.5 Å². The molecule has 8 nitrogen and oxygen atoms in total. The number of fused-ring (bicyclic) bond motifs is 1. The maximum atomic E-state index is 12.7. The number of aryl methyl sites for hydroxylation is 2. The van der Waals surface area contributed by atoms with E-state index < -0.39 is 0 Å². The van der Waals surface area contributed by atoms with E-state index in [1.807, 2.05) is 0 Å². The number of anilines is 1. The van der Waals surface area contributed by atoms with Crippen LogP contribution in [0.15, 0.2) is 35.1 Å². The Morgan fingerprint density at radius 3 is 2.04 bits per heavy atom. The molecule has 8 heteroatoms. The molecule has 0 spiro atoms. The van der Waals surface area contributed by atoms with Gasteiger partial charge in [-0.2, -0.15) is 0 Å². The van der Waals surface area contributed by atoms with Crippen molar-refractivity contribution in [3.8, 4) is 17.2 Å². The van der Waals surface area contributed by atoms with E-state index in [0.717, 1.165) is 11.0 Å². The number of methoxy groups -OCH3 is 3. The van der Waals surface area contributed by atoms with Crippen LogP contribution in [0, 0.1) is 0 Å². The number of rotatable bonds is 5. The molecule has 0 bridgehead atoms. The minimum absolute atomic E-state index is 0.127. The monoisotopic (exact) mass is 371 g/mol. The van der Waals surface area contributed by atoms with Crippen molar-refractivity contribution in [1.82, 2.24) is 9.13 Å². The Kier molecular flexibility index (Phi) is 4.81. The van der Waals surface area contributed by atoms with Gasteiger partial charge < -0.3 is 19.5 Å². The van der Waals surface area contributed by atoms with Crippen LogP contribution in [-0.4, -0.2) is 36.4 Å². The van der Waals surface area contributed by atoms with Crippen molar-refractivity contribution >= 4 is 22.6 Å². The van der Waals surface area contributed by atoms with Gasteiger partial charge in [0.2, 0.25) is 5.75 Å². The molecule has 3 aromatic rings. The van der Waals surface area contributed by atoms with E-state index in [-0.39, 0.29) is 11.6 Å². The molecule has 0 aliphatic rings. The minimum Gasteiger partial charge on any atom is -0.493 e. The summed E-state index contributed by atoms with van der Waals surface area (Å²) in [6, 6.07) is 8.45. The highest BCUT2D eigenvalue weighted by molar-refractivity contribution is 6.05. The summed E-state index contributed by atoms with van der Waals surface area (Å²) in [5.41, 5.74) is 2.31. The van der Waals surface area contributed by atoms with E-state index >= 15 is 0 Å². The molecule has 2 aromatic carbocycles. The summed E-state index contributed by atoms with van der Waals surface area (Å²) < 4.78 is 18.9. The normalized spacial score (nSPS) is 10.7. The molecule has 0 radical (unpaired) electrons. The van der Waals surface area contributed by atoms with Crippen LogP contribution in [0.3, 0.4) is 0 Å². The van der Waals surface area contributed by atoms with Crippen molar-refractivity contribution in [2.75, 3.05) is 26.6 Å². The number of carbonyl (C=O) groups is 1. The van der Waals surface area contributed by atoms with Crippen molar-refractivity contribution in [2.24, 2.45) is 14.1 Å². The van der Waals surface area contributed by atoms with Gasteiger partial charge in [-0.05, 0) is 30.3 Å². The third kappa shape index (κ3) is 3.10. The molecule has 1 amide bonds. The van der Waals surface area contributed by atoms with Gasteiger partial charge in [0.05, 0.1) is 32.4 Å². The number of nitrogens with zero attached hydrogens (tertiary/aromatic N) is 2. The summed E-state index contributed by atoms with van der Waals surface area (Å²) in [4.78, 5) is 24.7. The second-order valence-corrected chi connectivity index (χ2v) is 5.97. The number of hydrogen-bond acceptors (Lipinski definition) is 5. The Morgan fingerprint density at radius 1 is 0.889 bits per heavy atom. The van der Waals surface area contributed by atoms with Gasteiger partial charge in [-0.15, -0.1) is 0 Å². The van der Waals surface area contributed by atoms with Gasteiger partial charge >= 0.3 is 5.69 Å². The van der Waals surface area contributed by atoms with E-state index in [2.05, 4.69) is 5.32 Å². The topological polar surface area (TPSA) is 83.7 Å². The third-order valence-corrected chi connectivity index (χ3v) is 4.46. The minimum atomic E-state index is -0.338. The SMILES string of the molecule is COc1cc(C(=O)Nc2ccc3c(c2)n(C)c(=O)n3C)cc(OC)c1OC. The van der Waals surface area contributed by atoms with Crippen LogP contribution in [0.25, 0.3) is 11.0 Å². The summed E-state index contributed by atoms with van der Waals surface area (Å²) in [6.07, 6.45) is 0. The first-order valence-electron chi connectivity index (χ1n) is 8.18. The Balaban J connectivity index is 1.97. The van der Waals surface area contributed by atoms with Gasteiger partial charge in [-0.25, -0.2) is 4.79 Å². The van der Waals surface area contributed by atoms with E-state index in [9.17, 15) is 9.59 Å². The highest BCUT2D eigenvalue weighted by Crippen LogP contribution is 2.38. The molecule has 0 aliphatic carbocycles. The van der Waals surface area contributed by atoms with Gasteiger partial charge in [-0.1, -0.05) is 0 Å². The number of imidazole rings is 1. The molecule has 0 aliphatic heterocycles. The Hall–Kier alpha value is -3.42. The van der Waals surface area contributed by atoms with Crippen LogP contribution >= 0.6 is 0 Å². The predicted molar refractivity (Wildman–Crippen MR) is 102 cm³/mol. The molecular formula is C19H21N3O5. The van der Waals surface area contributed by atoms with Crippen LogP contribution in [-0.2, 0) is 14.1 Å². The number of aromatic nitrogens is 2. The molecular weight excluding hydrogens is 350 g/mol. The van der Waals surface area contributed by atoms with Gasteiger partial charge in [0.1, 0.15) is 0 Å². The second kappa shape index (κ2) is 7.06. The molecule has 0 atom stereocenters. The van der Waals surface area contributed by atoms with E-state index in [0.29, 0.717) is 28.5 Å². The van der Waals surface area contributed by atoms with Crippen molar-refractivity contribution < 1.29 is 19.0 Å². The fourth-order valence-corrected chi connectivity index (χ4v) is 3.00. The number of hydrogen-bond donors (Lipinski definition) is 1. The first kappa shape index (κ1) is 18.4. The molecule has 3 rings (SSSR count). The number of ether oxygens (including phenoxy) is 3. The van der Waals surface area contributed by atoms with E-state index in [4.69, 9.17) is 14.2 Å². The van der Waals surface area contributed by atoms with E-state index in [1.165, 1.54) is 25.9 Å². The lowest BCUT2D eigenvalue weighted by Gasteiger charge is -2.14. The number of nitrogens with one attached hydrogen (secondary N) is 1. The quantitative estimate of drug-likeness (QED) is 0.743. The van der Waals surface area contributed by atoms with Crippen LogP contribution in [0.5, 0.6) is 17.2 Å². The van der Waals surface area contributed by atoms with Crippen LogP contribution < -0.4 is 25.2 Å². The number of carbonyl (C=O) groups excluding carboxylic acids is 1. The van der Waals surface area contributed by atoms with Crippen molar-refractivity contribution in [1.29, 1.82) is 0 Å². The maximum Gasteiger partial charge on any atom is 0.328 e. The molecule has 27 heavy (non-hydrogen) atoms. The first-order valence-corrected chi connectivity index (χ1v) is 8.18. The molecule has 1 aromatic heterocycles. The number of benzene rings is 2. The Morgan fingerprint density at radius 2 is 1.48 bits per heavy atom. The average molecular weight is 371 g/mol. The molecule has 1 heterocycles. The zero-order valence-electron chi connectivity index (χ0n) is 15.8. The summed E-state index contributed by atoms with van der Waals surface area (Å²) in [5.74, 6) is 0.859. The highest BCUT2D eigenvalue weighted by Gasteiger charge is 2.17. The molecule has 0 saturated carbocycles. The van der Waals surface area contributed by atoms with Crippen molar-refractivity contribution in [3.05, 3.63) is 46.4 Å². The summed E-state index contributed by atoms with van der Waals surface area (Å²) in [5, 5.41) is 2.83. The second-order valence-electron chi connectivity index (χ2n) is 5.97. The van der Waals surface area contributed by atoms with Crippen molar-refractivity contribution in [3.63, 3.8) is 0 Å². The Bertz CT molecular complexity index is 1060. The van der Waals surface area contributed by atoms with Crippen molar-refractivity contribution in [2.45, 2.75) is 0 Å². The summed E-state index contributed by atoms with van der Waals surface area (Å²) in [6.45, 7) is 0. The average Bonchev–Trinajstić information content (AvgIpc) is 2.90. The van der Waals surface area contributed by atoms with Gasteiger partial charge in [0, 0.05) is 25.3 Å².